The molecule has 1 aromatic carbocycles. The van der Waals surface area contributed by atoms with Crippen molar-refractivity contribution in [1.29, 1.82) is 0 Å². The molecule has 0 atom stereocenters. The number of unbranched alkanes of at least 4 members (excludes halogenated alkanes) is 10. The van der Waals surface area contributed by atoms with Gasteiger partial charge in [0, 0.05) is 5.04 Å². The van der Waals surface area contributed by atoms with E-state index < -0.39 is 15.2 Å². The third-order valence-electron chi connectivity index (χ3n) is 9.16. The van der Waals surface area contributed by atoms with Crippen LogP contribution in [0.4, 0.5) is 0 Å². The molecule has 0 saturated carbocycles. The zero-order valence-corrected chi connectivity index (χ0v) is 23.7. The first-order chi connectivity index (χ1) is 15.5. The average molecular weight is 467 g/mol. The van der Waals surface area contributed by atoms with Crippen LogP contribution in [0.5, 0.6) is 0 Å². The molecular formula is C30H50Si2. The van der Waals surface area contributed by atoms with Gasteiger partial charge in [0.2, 0.25) is 0 Å². The zero-order valence-electron chi connectivity index (χ0n) is 21.7. The third kappa shape index (κ3) is 5.12. The molecule has 1 aromatic rings. The van der Waals surface area contributed by atoms with Crippen molar-refractivity contribution in [2.24, 2.45) is 0 Å². The first kappa shape index (κ1) is 25.8. The molecule has 4 rings (SSSR count). The Labute approximate surface area is 201 Å². The quantitative estimate of drug-likeness (QED) is 0.137. The molecule has 0 nitrogen and oxygen atoms in total. The van der Waals surface area contributed by atoms with Crippen LogP contribution in [0.1, 0.15) is 96.5 Å². The summed E-state index contributed by atoms with van der Waals surface area (Å²) in [6, 6.07) is 14.8. The Morgan fingerprint density at radius 3 is 1.62 bits per heavy atom. The Morgan fingerprint density at radius 2 is 1.12 bits per heavy atom. The lowest BCUT2D eigenvalue weighted by Gasteiger charge is -2.62. The summed E-state index contributed by atoms with van der Waals surface area (Å²) < 4.78 is 0. The Hall–Kier alpha value is -0.866. The molecule has 178 valence electrons. The normalized spacial score (nSPS) is 24.8. The predicted octanol–water partition coefficient (Wildman–Crippen LogP) is 9.93. The zero-order chi connectivity index (χ0) is 22.9. The van der Waals surface area contributed by atoms with Crippen molar-refractivity contribution >= 4 is 15.2 Å². The maximum atomic E-state index is 2.79. The van der Waals surface area contributed by atoms with E-state index in [4.69, 9.17) is 0 Å². The SMILES string of the molecule is CCCCCCCC[Si]1(CCCCCCCC)C2(c3ccccc3)C=CC(C=C2)[Si]1(C)C. The van der Waals surface area contributed by atoms with Crippen LogP contribution in [-0.2, 0) is 5.04 Å². The Balaban J connectivity index is 1.86. The highest BCUT2D eigenvalue weighted by Gasteiger charge is 2.64. The highest BCUT2D eigenvalue weighted by atomic mass is 29.3. The van der Waals surface area contributed by atoms with Crippen LogP contribution in [0.15, 0.2) is 54.6 Å². The van der Waals surface area contributed by atoms with Crippen LogP contribution in [0.3, 0.4) is 0 Å². The van der Waals surface area contributed by atoms with E-state index in [1.165, 1.54) is 77.0 Å². The lowest BCUT2D eigenvalue weighted by molar-refractivity contribution is 0.610. The molecule has 1 aliphatic carbocycles. The lowest BCUT2D eigenvalue weighted by atomic mass is 9.93. The molecule has 0 aromatic heterocycles. The molecule has 2 heterocycles. The highest BCUT2D eigenvalue weighted by Crippen LogP contribution is 2.58. The molecular weight excluding hydrogens is 417 g/mol. The molecule has 0 fully saturated rings. The van der Waals surface area contributed by atoms with Crippen LogP contribution in [0, 0.1) is 0 Å². The number of allylic oxidation sites excluding steroid dienone is 4. The average Bonchev–Trinajstić information content (AvgIpc) is 2.82. The van der Waals surface area contributed by atoms with Gasteiger partial charge in [-0.2, -0.15) is 0 Å². The lowest BCUT2D eigenvalue weighted by Crippen LogP contribution is -2.74. The molecule has 0 amide bonds. The monoisotopic (exact) mass is 466 g/mol. The summed E-state index contributed by atoms with van der Waals surface area (Å²) in [5.41, 5.74) is 2.38. The van der Waals surface area contributed by atoms with Gasteiger partial charge in [0.05, 0.1) is 15.2 Å². The van der Waals surface area contributed by atoms with Crippen LogP contribution in [0.25, 0.3) is 0 Å². The standard InChI is InChI=1S/C30H50Si2/c1-5-7-9-11-13-18-26-32(27-19-14-12-10-8-6-2)30(28-20-16-15-17-21-28)24-22-29(23-25-30)31(32,3)4/h15-17,20-25,29H,5-14,18-19,26-27H2,1-4H3. The first-order valence-corrected chi connectivity index (χ1v) is 20.5. The molecule has 2 bridgehead atoms. The smallest absolute Gasteiger partial charge is 0.0692 e. The second-order valence-corrected chi connectivity index (χ2v) is 26.2. The van der Waals surface area contributed by atoms with Crippen molar-refractivity contribution in [2.75, 3.05) is 0 Å². The fraction of sp³-hybridized carbons (Fsp3) is 0.667. The number of rotatable bonds is 15. The Bertz CT molecular complexity index is 700. The molecule has 0 radical (unpaired) electrons. The minimum absolute atomic E-state index is 0.256. The second-order valence-electron chi connectivity index (χ2n) is 11.3. The van der Waals surface area contributed by atoms with Gasteiger partial charge in [-0.05, 0) is 11.1 Å². The van der Waals surface area contributed by atoms with Crippen molar-refractivity contribution in [1.82, 2.24) is 0 Å². The highest BCUT2D eigenvalue weighted by molar-refractivity contribution is 7.44. The van der Waals surface area contributed by atoms with E-state index in [9.17, 15) is 0 Å². The van der Waals surface area contributed by atoms with E-state index >= 15 is 0 Å². The van der Waals surface area contributed by atoms with Gasteiger partial charge in [-0.3, -0.25) is 0 Å². The fourth-order valence-electron chi connectivity index (χ4n) is 7.06. The summed E-state index contributed by atoms with van der Waals surface area (Å²) in [6.45, 7) is 10.3. The maximum absolute atomic E-state index is 2.79. The maximum Gasteiger partial charge on any atom is 0.0692 e. The van der Waals surface area contributed by atoms with Crippen LogP contribution >= 0.6 is 0 Å². The van der Waals surface area contributed by atoms with E-state index in [-0.39, 0.29) is 5.04 Å². The molecule has 0 N–H and O–H groups in total. The topological polar surface area (TPSA) is 0 Å². The van der Waals surface area contributed by atoms with Crippen molar-refractivity contribution < 1.29 is 0 Å². The van der Waals surface area contributed by atoms with Crippen molar-refractivity contribution in [3.05, 3.63) is 60.2 Å². The van der Waals surface area contributed by atoms with Crippen molar-refractivity contribution in [3.63, 3.8) is 0 Å². The third-order valence-corrected chi connectivity index (χ3v) is 29.4. The first-order valence-electron chi connectivity index (χ1n) is 14.0. The molecule has 2 aliphatic heterocycles. The summed E-state index contributed by atoms with van der Waals surface area (Å²) in [6.07, 6.45) is 27.9. The van der Waals surface area contributed by atoms with Crippen LogP contribution in [-0.4, -0.2) is 15.2 Å². The van der Waals surface area contributed by atoms with Crippen LogP contribution < -0.4 is 0 Å². The predicted molar refractivity (Wildman–Crippen MR) is 150 cm³/mol. The van der Waals surface area contributed by atoms with Gasteiger partial charge in [-0.15, -0.1) is 0 Å². The van der Waals surface area contributed by atoms with Gasteiger partial charge in [-0.1, -0.05) is 171 Å². The van der Waals surface area contributed by atoms with E-state index in [0.29, 0.717) is 0 Å². The van der Waals surface area contributed by atoms with E-state index in [1.54, 1.807) is 17.7 Å². The fourth-order valence-corrected chi connectivity index (χ4v) is 27.1. The van der Waals surface area contributed by atoms with Gasteiger partial charge in [-0.25, -0.2) is 0 Å². The molecule has 32 heavy (non-hydrogen) atoms. The molecule has 0 unspecified atom stereocenters. The Kier molecular flexibility index (Phi) is 9.67. The summed E-state index contributed by atoms with van der Waals surface area (Å²) in [7, 11) is -2.94. The number of hydrogen-bond donors (Lipinski definition) is 0. The minimum atomic E-state index is -1.55. The van der Waals surface area contributed by atoms with Gasteiger partial charge in [0.25, 0.3) is 0 Å². The van der Waals surface area contributed by atoms with Gasteiger partial charge < -0.3 is 0 Å². The van der Waals surface area contributed by atoms with E-state index in [0.717, 1.165) is 5.54 Å². The van der Waals surface area contributed by atoms with Crippen molar-refractivity contribution in [2.45, 2.75) is 127 Å². The number of benzene rings is 1. The van der Waals surface area contributed by atoms with Gasteiger partial charge >= 0.3 is 0 Å². The summed E-state index contributed by atoms with van der Waals surface area (Å²) in [5, 5.41) is 0.256. The van der Waals surface area contributed by atoms with Crippen molar-refractivity contribution in [3.8, 4) is 0 Å². The largest absolute Gasteiger partial charge is 0.0837 e. The van der Waals surface area contributed by atoms with Gasteiger partial charge in [0.15, 0.2) is 0 Å². The van der Waals surface area contributed by atoms with E-state index in [2.05, 4.69) is 81.6 Å². The second kappa shape index (κ2) is 12.0. The number of hydrogen-bond acceptors (Lipinski definition) is 0. The van der Waals surface area contributed by atoms with E-state index in [1.807, 2.05) is 0 Å². The summed E-state index contributed by atoms with van der Waals surface area (Å²) in [5.74, 6) is 0. The Morgan fingerprint density at radius 1 is 0.656 bits per heavy atom. The summed E-state index contributed by atoms with van der Waals surface area (Å²) >= 11 is 0. The summed E-state index contributed by atoms with van der Waals surface area (Å²) in [4.78, 5) is 0. The minimum Gasteiger partial charge on any atom is -0.0837 e. The molecule has 3 aliphatic rings. The molecule has 0 saturated heterocycles. The van der Waals surface area contributed by atoms with Crippen LogP contribution in [0.2, 0.25) is 30.7 Å². The molecule has 2 heteroatoms. The number of fused-ring (bicyclic) bond motifs is 1. The molecule has 0 spiro atoms. The van der Waals surface area contributed by atoms with Gasteiger partial charge in [0.1, 0.15) is 0 Å².